The summed E-state index contributed by atoms with van der Waals surface area (Å²) in [6.07, 6.45) is 1.45. The highest BCUT2D eigenvalue weighted by molar-refractivity contribution is 5.96. The SMILES string of the molecule is CC[C@@]1(OC(=O)CNC(=O)[C@@H]2CCCN2C(=O)[C@H](CC(=O)OC(C)(C)C)NC(=O)CCOCCOCCOCCNC(=O)OC(C)(C)C)C(=O)OCc2c1cc1n(c2=O)Cc2c-1nc1cc(F)c(C)c3c1c2CCC3. The lowest BCUT2D eigenvalue weighted by atomic mass is 9.84. The molecule has 1 saturated heterocycles. The number of carbonyl (C=O) groups excluding carboxylic acids is 7. The molecule has 2 aromatic heterocycles. The van der Waals surface area contributed by atoms with Crippen molar-refractivity contribution in [1.82, 2.24) is 30.4 Å². The fourth-order valence-electron chi connectivity index (χ4n) is 9.95. The highest BCUT2D eigenvalue weighted by atomic mass is 19.1. The molecule has 4 amide bonds. The topological polar surface area (TPSA) is 258 Å². The Balaban J connectivity index is 0.943. The zero-order chi connectivity index (χ0) is 54.4. The molecule has 5 heterocycles. The van der Waals surface area contributed by atoms with E-state index in [0.717, 1.165) is 34.9 Å². The number of nitrogens with one attached hydrogen (secondary N) is 3. The molecule has 0 saturated carbocycles. The van der Waals surface area contributed by atoms with E-state index in [-0.39, 0.29) is 102 Å². The van der Waals surface area contributed by atoms with Gasteiger partial charge in [0, 0.05) is 42.1 Å². The van der Waals surface area contributed by atoms with Gasteiger partial charge in [0.2, 0.25) is 23.3 Å². The monoisotopic (exact) mass is 1050 g/mol. The predicted molar refractivity (Wildman–Crippen MR) is 267 cm³/mol. The summed E-state index contributed by atoms with van der Waals surface area (Å²) in [6, 6.07) is 0.518. The molecular weight excluding hydrogens is 980 g/mol. The van der Waals surface area contributed by atoms with Crippen LogP contribution in [0.15, 0.2) is 16.9 Å². The number of esters is 3. The van der Waals surface area contributed by atoms with E-state index in [4.69, 9.17) is 38.1 Å². The first-order valence-corrected chi connectivity index (χ1v) is 25.6. The average molecular weight is 1050 g/mol. The van der Waals surface area contributed by atoms with Gasteiger partial charge in [0.15, 0.2) is 0 Å². The molecular formula is C53H69FN6O15. The van der Waals surface area contributed by atoms with E-state index in [0.29, 0.717) is 35.3 Å². The van der Waals surface area contributed by atoms with E-state index in [1.165, 1.54) is 11.0 Å². The van der Waals surface area contributed by atoms with Crippen molar-refractivity contribution >= 4 is 52.6 Å². The number of likely N-dealkylation sites (tertiary alicyclic amines) is 1. The molecule has 3 aliphatic heterocycles. The lowest BCUT2D eigenvalue weighted by Crippen LogP contribution is -2.55. The Morgan fingerprint density at radius 2 is 1.53 bits per heavy atom. The van der Waals surface area contributed by atoms with Gasteiger partial charge in [-0.15, -0.1) is 0 Å². The summed E-state index contributed by atoms with van der Waals surface area (Å²) < 4.78 is 55.2. The normalized spacial score (nSPS) is 18.1. The number of fused-ring (bicyclic) bond motifs is 5. The number of halogens is 1. The highest BCUT2D eigenvalue weighted by Crippen LogP contribution is 2.44. The lowest BCUT2D eigenvalue weighted by molar-refractivity contribution is -0.189. The lowest BCUT2D eigenvalue weighted by Gasteiger charge is -2.35. The molecule has 22 heteroatoms. The summed E-state index contributed by atoms with van der Waals surface area (Å²) in [7, 11) is 0. The van der Waals surface area contributed by atoms with Gasteiger partial charge in [-0.2, -0.15) is 0 Å². The van der Waals surface area contributed by atoms with Crippen molar-refractivity contribution in [3.05, 3.63) is 61.7 Å². The third-order valence-corrected chi connectivity index (χ3v) is 13.3. The second-order valence-corrected chi connectivity index (χ2v) is 21.0. The molecule has 0 unspecified atom stereocenters. The molecule has 408 valence electrons. The molecule has 0 bridgehead atoms. The number of carbonyl (C=O) groups is 7. The molecule has 75 heavy (non-hydrogen) atoms. The summed E-state index contributed by atoms with van der Waals surface area (Å²) in [4.78, 5) is 114. The minimum Gasteiger partial charge on any atom is -0.460 e. The van der Waals surface area contributed by atoms with Crippen LogP contribution in [-0.4, -0.2) is 139 Å². The van der Waals surface area contributed by atoms with Gasteiger partial charge in [0.25, 0.3) is 5.56 Å². The van der Waals surface area contributed by atoms with Gasteiger partial charge in [-0.1, -0.05) is 6.92 Å². The van der Waals surface area contributed by atoms with Crippen LogP contribution in [0.25, 0.3) is 22.3 Å². The summed E-state index contributed by atoms with van der Waals surface area (Å²) >= 11 is 0. The minimum absolute atomic E-state index is 0.0335. The average Bonchev–Trinajstić information content (AvgIpc) is 3.98. The van der Waals surface area contributed by atoms with Crippen molar-refractivity contribution in [3.8, 4) is 11.4 Å². The van der Waals surface area contributed by atoms with Gasteiger partial charge in [-0.25, -0.2) is 19.0 Å². The van der Waals surface area contributed by atoms with Crippen LogP contribution >= 0.6 is 0 Å². The first-order valence-electron chi connectivity index (χ1n) is 25.6. The Morgan fingerprint density at radius 3 is 2.23 bits per heavy atom. The van der Waals surface area contributed by atoms with E-state index in [1.807, 2.05) is 0 Å². The molecule has 4 aliphatic rings. The number of amides is 4. The number of hydrogen-bond donors (Lipinski definition) is 3. The van der Waals surface area contributed by atoms with Crippen LogP contribution in [0.1, 0.15) is 120 Å². The fourth-order valence-corrected chi connectivity index (χ4v) is 9.95. The molecule has 3 atom stereocenters. The minimum atomic E-state index is -2.07. The second-order valence-electron chi connectivity index (χ2n) is 21.0. The van der Waals surface area contributed by atoms with Crippen molar-refractivity contribution in [2.24, 2.45) is 0 Å². The molecule has 0 radical (unpaired) electrons. The van der Waals surface area contributed by atoms with Gasteiger partial charge in [-0.3, -0.25) is 28.8 Å². The molecule has 3 aromatic rings. The van der Waals surface area contributed by atoms with Crippen LogP contribution in [-0.2, 0) is 93.5 Å². The number of aromatic nitrogens is 2. The number of alkyl carbamates (subject to hydrolysis) is 1. The van der Waals surface area contributed by atoms with Gasteiger partial charge in [0.05, 0.1) is 75.1 Å². The van der Waals surface area contributed by atoms with Gasteiger partial charge < -0.3 is 58.6 Å². The second kappa shape index (κ2) is 23.6. The molecule has 1 fully saturated rings. The summed E-state index contributed by atoms with van der Waals surface area (Å²) in [5.41, 5.74) is 0.911. The van der Waals surface area contributed by atoms with Crippen LogP contribution in [0.3, 0.4) is 0 Å². The van der Waals surface area contributed by atoms with E-state index in [9.17, 15) is 38.4 Å². The maximum Gasteiger partial charge on any atom is 0.407 e. The maximum absolute atomic E-state index is 15.2. The number of aryl methyl sites for hydroxylation is 2. The zero-order valence-corrected chi connectivity index (χ0v) is 44.1. The van der Waals surface area contributed by atoms with Crippen LogP contribution in [0.5, 0.6) is 0 Å². The summed E-state index contributed by atoms with van der Waals surface area (Å²) in [6.45, 7) is 14.2. The Hall–Kier alpha value is -6.52. The number of ether oxygens (including phenoxy) is 7. The zero-order valence-electron chi connectivity index (χ0n) is 44.1. The number of benzene rings is 1. The molecule has 3 N–H and O–H groups in total. The first kappa shape index (κ1) is 56.2. The number of pyridine rings is 2. The third kappa shape index (κ3) is 13.1. The van der Waals surface area contributed by atoms with E-state index >= 15 is 4.39 Å². The standard InChI is InChI=1S/C53H69FN6O15/c1-9-53(35-24-40-45-33(28-60(40)47(65)34(35)29-72-49(53)67)32-13-10-12-31-30(2)36(54)25-37(58-45)44(31)32)74-43(63)27-56-46(64)39-14-11-17-59(39)48(66)38(26-42(62)73-51(3,4)5)57-41(61)15-18-69-20-22-71-23-21-70-19-16-55-50(68)75-52(6,7)8/h24-25,38-39H,9-23,26-29H2,1-8H3,(H,55,68)(H,56,64)(H,57,61)/t38-,39-,53-/m0/s1. The number of cyclic esters (lactones) is 1. The van der Waals surface area contributed by atoms with Crippen molar-refractivity contribution < 1.29 is 71.1 Å². The van der Waals surface area contributed by atoms with Crippen molar-refractivity contribution in [2.75, 3.05) is 59.3 Å². The van der Waals surface area contributed by atoms with E-state index < -0.39 is 89.1 Å². The maximum atomic E-state index is 15.2. The van der Waals surface area contributed by atoms with Crippen molar-refractivity contribution in [3.63, 3.8) is 0 Å². The van der Waals surface area contributed by atoms with Crippen LogP contribution < -0.4 is 21.5 Å². The van der Waals surface area contributed by atoms with Gasteiger partial charge in [0.1, 0.15) is 42.3 Å². The van der Waals surface area contributed by atoms with Crippen LogP contribution in [0, 0.1) is 12.7 Å². The fraction of sp³-hybridized carbons (Fsp3) is 0.604. The van der Waals surface area contributed by atoms with Gasteiger partial charge in [-0.05, 0) is 110 Å². The van der Waals surface area contributed by atoms with Crippen LogP contribution in [0.4, 0.5) is 9.18 Å². The van der Waals surface area contributed by atoms with Crippen molar-refractivity contribution in [2.45, 2.75) is 149 Å². The molecule has 1 aliphatic carbocycles. The smallest absolute Gasteiger partial charge is 0.407 e. The van der Waals surface area contributed by atoms with Crippen molar-refractivity contribution in [1.29, 1.82) is 0 Å². The quantitative estimate of drug-likeness (QED) is 0.0608. The summed E-state index contributed by atoms with van der Waals surface area (Å²) in [5, 5.41) is 8.62. The predicted octanol–water partition coefficient (Wildman–Crippen LogP) is 3.86. The number of hydrogen-bond acceptors (Lipinski definition) is 16. The third-order valence-electron chi connectivity index (χ3n) is 13.3. The molecule has 1 aromatic carbocycles. The molecule has 0 spiro atoms. The largest absolute Gasteiger partial charge is 0.460 e. The van der Waals surface area contributed by atoms with E-state index in [1.54, 1.807) is 66.0 Å². The number of nitrogens with zero attached hydrogens (tertiary/aromatic N) is 3. The first-order chi connectivity index (χ1) is 35.5. The molecule has 21 nitrogen and oxygen atoms in total. The Kier molecular flexibility index (Phi) is 17.7. The van der Waals surface area contributed by atoms with Gasteiger partial charge >= 0.3 is 24.0 Å². The summed E-state index contributed by atoms with van der Waals surface area (Å²) in [5.74, 6) is -5.10. The Morgan fingerprint density at radius 1 is 0.853 bits per heavy atom. The van der Waals surface area contributed by atoms with Crippen LogP contribution in [0.2, 0.25) is 0 Å². The molecule has 7 rings (SSSR count). The number of rotatable bonds is 21. The van der Waals surface area contributed by atoms with E-state index in [2.05, 4.69) is 16.0 Å². The highest BCUT2D eigenvalue weighted by Gasteiger charge is 2.51. The Labute approximate surface area is 434 Å². The Bertz CT molecular complexity index is 2780.